The highest BCUT2D eigenvalue weighted by atomic mass is 15.0. The fourth-order valence-electron chi connectivity index (χ4n) is 2.26. The van der Waals surface area contributed by atoms with Gasteiger partial charge in [0.2, 0.25) is 0 Å². The van der Waals surface area contributed by atoms with Crippen LogP contribution in [0.2, 0.25) is 0 Å². The molecule has 0 atom stereocenters. The maximum atomic E-state index is 5.83. The van der Waals surface area contributed by atoms with Crippen LogP contribution in [0.15, 0.2) is 18.2 Å². The van der Waals surface area contributed by atoms with Gasteiger partial charge in [-0.3, -0.25) is 0 Å². The third-order valence-electron chi connectivity index (χ3n) is 4.03. The monoisotopic (exact) mass is 234 g/mol. The summed E-state index contributed by atoms with van der Waals surface area (Å²) in [5, 5.41) is 3.70. The van der Waals surface area contributed by atoms with E-state index in [4.69, 9.17) is 5.73 Å². The van der Waals surface area contributed by atoms with Crippen LogP contribution in [0, 0.1) is 6.92 Å². The molecular formula is C15H26N2. The van der Waals surface area contributed by atoms with Gasteiger partial charge in [-0.2, -0.15) is 0 Å². The first kappa shape index (κ1) is 14.0. The maximum absolute atomic E-state index is 5.83. The number of benzene rings is 1. The molecule has 0 spiro atoms. The summed E-state index contributed by atoms with van der Waals surface area (Å²) in [6.45, 7) is 9.76. The fourth-order valence-corrected chi connectivity index (χ4v) is 2.26. The Kier molecular flexibility index (Phi) is 5.01. The lowest BCUT2D eigenvalue weighted by atomic mass is 9.89. The van der Waals surface area contributed by atoms with Gasteiger partial charge >= 0.3 is 0 Å². The largest absolute Gasteiger partial charge is 0.399 e. The van der Waals surface area contributed by atoms with Gasteiger partial charge in [0.1, 0.15) is 0 Å². The van der Waals surface area contributed by atoms with Crippen LogP contribution in [0.1, 0.15) is 51.2 Å². The van der Waals surface area contributed by atoms with Crippen LogP contribution in [0.4, 0.5) is 5.69 Å². The Morgan fingerprint density at radius 3 is 2.18 bits per heavy atom. The molecule has 0 aromatic heterocycles. The van der Waals surface area contributed by atoms with Gasteiger partial charge < -0.3 is 11.1 Å². The Morgan fingerprint density at radius 2 is 1.71 bits per heavy atom. The first-order chi connectivity index (χ1) is 8.06. The summed E-state index contributed by atoms with van der Waals surface area (Å²) in [4.78, 5) is 0. The molecule has 0 heterocycles. The fraction of sp³-hybridized carbons (Fsp3) is 0.600. The van der Waals surface area contributed by atoms with Crippen LogP contribution >= 0.6 is 0 Å². The summed E-state index contributed by atoms with van der Waals surface area (Å²) < 4.78 is 0. The van der Waals surface area contributed by atoms with E-state index in [9.17, 15) is 0 Å². The summed E-state index contributed by atoms with van der Waals surface area (Å²) in [7, 11) is 0. The lowest BCUT2D eigenvalue weighted by Gasteiger charge is -2.32. The zero-order chi connectivity index (χ0) is 12.9. The van der Waals surface area contributed by atoms with Crippen molar-refractivity contribution in [1.29, 1.82) is 0 Å². The van der Waals surface area contributed by atoms with Gasteiger partial charge in [-0.05, 0) is 43.4 Å². The summed E-state index contributed by atoms with van der Waals surface area (Å²) in [6, 6.07) is 6.28. The van der Waals surface area contributed by atoms with Gasteiger partial charge in [0.15, 0.2) is 0 Å². The van der Waals surface area contributed by atoms with Gasteiger partial charge in [-0.15, -0.1) is 0 Å². The molecule has 0 saturated heterocycles. The third-order valence-corrected chi connectivity index (χ3v) is 4.03. The highest BCUT2D eigenvalue weighted by Crippen LogP contribution is 2.20. The van der Waals surface area contributed by atoms with E-state index in [0.29, 0.717) is 0 Å². The second kappa shape index (κ2) is 6.06. The van der Waals surface area contributed by atoms with E-state index in [-0.39, 0.29) is 5.54 Å². The molecule has 2 heteroatoms. The Bertz CT molecular complexity index is 346. The molecule has 2 nitrogen and oxygen atoms in total. The minimum Gasteiger partial charge on any atom is -0.399 e. The number of anilines is 1. The van der Waals surface area contributed by atoms with E-state index >= 15 is 0 Å². The summed E-state index contributed by atoms with van der Waals surface area (Å²) in [5.74, 6) is 0. The van der Waals surface area contributed by atoms with E-state index in [1.54, 1.807) is 0 Å². The van der Waals surface area contributed by atoms with E-state index in [0.717, 1.165) is 12.2 Å². The highest BCUT2D eigenvalue weighted by molar-refractivity contribution is 5.47. The van der Waals surface area contributed by atoms with Crippen molar-refractivity contribution in [2.75, 3.05) is 5.73 Å². The SMILES string of the molecule is CCC(CC)(CC)NCc1ccc(N)c(C)c1. The maximum Gasteiger partial charge on any atom is 0.0343 e. The second-order valence-electron chi connectivity index (χ2n) is 4.89. The Morgan fingerprint density at radius 1 is 1.12 bits per heavy atom. The number of hydrogen-bond donors (Lipinski definition) is 2. The molecule has 0 fully saturated rings. The smallest absolute Gasteiger partial charge is 0.0343 e. The van der Waals surface area contributed by atoms with Crippen LogP contribution in [0.3, 0.4) is 0 Å². The minimum atomic E-state index is 0.287. The first-order valence-corrected chi connectivity index (χ1v) is 6.67. The molecule has 0 aliphatic carbocycles. The molecule has 0 saturated carbocycles. The molecule has 1 aromatic rings. The van der Waals surface area contributed by atoms with Crippen molar-refractivity contribution in [3.05, 3.63) is 29.3 Å². The van der Waals surface area contributed by atoms with Crippen molar-refractivity contribution in [3.63, 3.8) is 0 Å². The number of rotatable bonds is 6. The molecular weight excluding hydrogens is 208 g/mol. The van der Waals surface area contributed by atoms with Crippen molar-refractivity contribution >= 4 is 5.69 Å². The molecule has 17 heavy (non-hydrogen) atoms. The third kappa shape index (κ3) is 3.47. The predicted octanol–water partition coefficient (Wildman–Crippen LogP) is 3.64. The van der Waals surface area contributed by atoms with Crippen molar-refractivity contribution in [3.8, 4) is 0 Å². The van der Waals surface area contributed by atoms with E-state index in [1.807, 2.05) is 6.07 Å². The molecule has 1 rings (SSSR count). The Hall–Kier alpha value is -1.02. The Labute approximate surface area is 106 Å². The van der Waals surface area contributed by atoms with E-state index in [2.05, 4.69) is 45.1 Å². The molecule has 96 valence electrons. The average molecular weight is 234 g/mol. The predicted molar refractivity (Wildman–Crippen MR) is 76.0 cm³/mol. The molecule has 1 aromatic carbocycles. The lowest BCUT2D eigenvalue weighted by Crippen LogP contribution is -2.43. The quantitative estimate of drug-likeness (QED) is 0.738. The van der Waals surface area contributed by atoms with Gasteiger partial charge in [-0.25, -0.2) is 0 Å². The minimum absolute atomic E-state index is 0.287. The average Bonchev–Trinajstić information content (AvgIpc) is 2.36. The zero-order valence-electron chi connectivity index (χ0n) is 11.6. The van der Waals surface area contributed by atoms with Crippen molar-refractivity contribution in [1.82, 2.24) is 5.32 Å². The number of nitrogens with two attached hydrogens (primary N) is 1. The summed E-state index contributed by atoms with van der Waals surface area (Å²) in [6.07, 6.45) is 3.52. The molecule has 0 radical (unpaired) electrons. The van der Waals surface area contributed by atoms with Gasteiger partial charge in [0.05, 0.1) is 0 Å². The number of hydrogen-bond acceptors (Lipinski definition) is 2. The van der Waals surface area contributed by atoms with Crippen LogP contribution in [0.5, 0.6) is 0 Å². The normalized spacial score (nSPS) is 11.8. The molecule has 0 aliphatic heterocycles. The standard InChI is InChI=1S/C15H26N2/c1-5-15(6-2,7-3)17-11-13-8-9-14(16)12(4)10-13/h8-10,17H,5-7,11,16H2,1-4H3. The van der Waals surface area contributed by atoms with E-state index in [1.165, 1.54) is 30.4 Å². The molecule has 0 aliphatic rings. The van der Waals surface area contributed by atoms with Crippen molar-refractivity contribution in [2.45, 2.75) is 59.0 Å². The second-order valence-corrected chi connectivity index (χ2v) is 4.89. The van der Waals surface area contributed by atoms with E-state index < -0.39 is 0 Å². The topological polar surface area (TPSA) is 38.0 Å². The van der Waals surface area contributed by atoms with Gasteiger partial charge in [0.25, 0.3) is 0 Å². The Balaban J connectivity index is 2.68. The molecule has 0 unspecified atom stereocenters. The summed E-state index contributed by atoms with van der Waals surface area (Å²) in [5.41, 5.74) is 9.47. The lowest BCUT2D eigenvalue weighted by molar-refractivity contribution is 0.288. The molecule has 3 N–H and O–H groups in total. The summed E-state index contributed by atoms with van der Waals surface area (Å²) >= 11 is 0. The first-order valence-electron chi connectivity index (χ1n) is 6.67. The van der Waals surface area contributed by atoms with Crippen LogP contribution < -0.4 is 11.1 Å². The van der Waals surface area contributed by atoms with Gasteiger partial charge in [-0.1, -0.05) is 32.9 Å². The van der Waals surface area contributed by atoms with Crippen LogP contribution in [-0.2, 0) is 6.54 Å². The van der Waals surface area contributed by atoms with Crippen LogP contribution in [-0.4, -0.2) is 5.54 Å². The zero-order valence-corrected chi connectivity index (χ0v) is 11.6. The van der Waals surface area contributed by atoms with Crippen molar-refractivity contribution < 1.29 is 0 Å². The number of aryl methyl sites for hydroxylation is 1. The molecule has 0 amide bonds. The highest BCUT2D eigenvalue weighted by Gasteiger charge is 2.22. The molecule has 0 bridgehead atoms. The van der Waals surface area contributed by atoms with Gasteiger partial charge in [0, 0.05) is 17.8 Å². The van der Waals surface area contributed by atoms with Crippen molar-refractivity contribution in [2.24, 2.45) is 0 Å². The number of nitrogen functional groups attached to an aromatic ring is 1. The number of nitrogens with one attached hydrogen (secondary N) is 1. The van der Waals surface area contributed by atoms with Crippen LogP contribution in [0.25, 0.3) is 0 Å².